The van der Waals surface area contributed by atoms with E-state index >= 15 is 0 Å². The second-order valence-electron chi connectivity index (χ2n) is 6.66. The molecule has 0 spiro atoms. The molecule has 25 heavy (non-hydrogen) atoms. The fourth-order valence-corrected chi connectivity index (χ4v) is 3.55. The molecule has 0 aliphatic carbocycles. The molecule has 3 N–H and O–H groups in total. The van der Waals surface area contributed by atoms with Gasteiger partial charge in [0.15, 0.2) is 0 Å². The first kappa shape index (κ1) is 17.5. The second-order valence-corrected chi connectivity index (χ2v) is 6.66. The molecule has 134 valence electrons. The minimum atomic E-state index is 0.445. The van der Waals surface area contributed by atoms with Gasteiger partial charge in [0.2, 0.25) is 5.88 Å². The molecule has 1 fully saturated rings. The van der Waals surface area contributed by atoms with E-state index in [1.165, 1.54) is 5.56 Å². The molecule has 2 heterocycles. The molecule has 6 heteroatoms. The van der Waals surface area contributed by atoms with Gasteiger partial charge >= 0.3 is 0 Å². The van der Waals surface area contributed by atoms with Gasteiger partial charge in [0.1, 0.15) is 5.69 Å². The van der Waals surface area contributed by atoms with Crippen molar-refractivity contribution < 1.29 is 4.74 Å². The number of nitrogens with two attached hydrogens (primary N) is 1. The Morgan fingerprint density at radius 1 is 1.20 bits per heavy atom. The van der Waals surface area contributed by atoms with E-state index in [9.17, 15) is 0 Å². The van der Waals surface area contributed by atoms with Gasteiger partial charge in [0.25, 0.3) is 0 Å². The molecule has 3 rings (SSSR count). The Labute approximate surface area is 149 Å². The normalized spacial score (nSPS) is 21.2. The predicted octanol–water partition coefficient (Wildman–Crippen LogP) is 2.48. The first-order valence-corrected chi connectivity index (χ1v) is 8.67. The van der Waals surface area contributed by atoms with E-state index in [1.807, 2.05) is 12.3 Å². The van der Waals surface area contributed by atoms with Crippen molar-refractivity contribution in [3.63, 3.8) is 0 Å². The van der Waals surface area contributed by atoms with Crippen molar-refractivity contribution in [3.8, 4) is 5.88 Å². The highest BCUT2D eigenvalue weighted by Gasteiger charge is 2.30. The van der Waals surface area contributed by atoms with Crippen LogP contribution in [0.2, 0.25) is 0 Å². The Morgan fingerprint density at radius 3 is 2.48 bits per heavy atom. The van der Waals surface area contributed by atoms with E-state index in [4.69, 9.17) is 10.6 Å². The maximum atomic E-state index is 5.59. The number of ether oxygens (including phenoxy) is 1. The molecule has 0 unspecified atom stereocenters. The predicted molar refractivity (Wildman–Crippen MR) is 102 cm³/mol. The van der Waals surface area contributed by atoms with Crippen LogP contribution in [0, 0.1) is 0 Å². The number of piperazine rings is 1. The number of pyridine rings is 1. The minimum Gasteiger partial charge on any atom is -0.479 e. The van der Waals surface area contributed by atoms with Crippen LogP contribution in [-0.4, -0.2) is 42.2 Å². The van der Waals surface area contributed by atoms with Crippen LogP contribution >= 0.6 is 0 Å². The van der Waals surface area contributed by atoms with Crippen LogP contribution < -0.4 is 20.9 Å². The van der Waals surface area contributed by atoms with Crippen LogP contribution in [0.1, 0.15) is 19.4 Å². The number of aromatic nitrogens is 1. The largest absolute Gasteiger partial charge is 0.479 e. The molecule has 2 aromatic rings. The summed E-state index contributed by atoms with van der Waals surface area (Å²) in [5.41, 5.74) is 5.78. The fraction of sp³-hybridized carbons (Fsp3) is 0.421. The van der Waals surface area contributed by atoms with Crippen molar-refractivity contribution in [1.29, 1.82) is 0 Å². The van der Waals surface area contributed by atoms with Gasteiger partial charge in [-0.05, 0) is 25.5 Å². The number of benzene rings is 1. The maximum absolute atomic E-state index is 5.59. The lowest BCUT2D eigenvalue weighted by atomic mass is 10.1. The molecule has 2 atom stereocenters. The maximum Gasteiger partial charge on any atom is 0.238 e. The van der Waals surface area contributed by atoms with Gasteiger partial charge in [0.05, 0.1) is 19.0 Å². The smallest absolute Gasteiger partial charge is 0.238 e. The molecular formula is C19H27N5O. The van der Waals surface area contributed by atoms with Crippen LogP contribution in [0.25, 0.3) is 0 Å². The fourth-order valence-electron chi connectivity index (χ4n) is 3.55. The molecule has 1 aromatic heterocycles. The molecule has 6 nitrogen and oxygen atoms in total. The van der Waals surface area contributed by atoms with Crippen molar-refractivity contribution in [2.45, 2.75) is 32.5 Å². The number of nitrogen functional groups attached to an aromatic ring is 1. The number of nitrogens with zero attached hydrogens (tertiary/aromatic N) is 3. The molecule has 1 saturated heterocycles. The molecular weight excluding hydrogens is 314 g/mol. The summed E-state index contributed by atoms with van der Waals surface area (Å²) in [5, 5.41) is 0. The lowest BCUT2D eigenvalue weighted by molar-refractivity contribution is 0.123. The van der Waals surface area contributed by atoms with Crippen molar-refractivity contribution in [3.05, 3.63) is 48.2 Å². The van der Waals surface area contributed by atoms with Gasteiger partial charge in [-0.15, -0.1) is 0 Å². The van der Waals surface area contributed by atoms with Crippen molar-refractivity contribution >= 4 is 11.4 Å². The summed E-state index contributed by atoms with van der Waals surface area (Å²) in [6.07, 6.45) is 1.85. The summed E-state index contributed by atoms with van der Waals surface area (Å²) in [6, 6.07) is 13.5. The van der Waals surface area contributed by atoms with Gasteiger partial charge in [-0.3, -0.25) is 10.7 Å². The second kappa shape index (κ2) is 7.72. The summed E-state index contributed by atoms with van der Waals surface area (Å²) < 4.78 is 5.22. The first-order valence-electron chi connectivity index (χ1n) is 8.67. The average molecular weight is 341 g/mol. The van der Waals surface area contributed by atoms with Gasteiger partial charge in [-0.2, -0.15) is 0 Å². The lowest BCUT2D eigenvalue weighted by Gasteiger charge is -2.45. The number of nitrogens with one attached hydrogen (secondary N) is 1. The van der Waals surface area contributed by atoms with Crippen LogP contribution in [0.3, 0.4) is 0 Å². The molecule has 0 amide bonds. The highest BCUT2D eigenvalue weighted by molar-refractivity contribution is 5.61. The SMILES string of the molecule is COc1ncc(N2C[C@@H](C)N(Cc3ccccc3)[C@@H](C)C2)cc1NN. The Morgan fingerprint density at radius 2 is 1.88 bits per heavy atom. The highest BCUT2D eigenvalue weighted by atomic mass is 16.5. The van der Waals surface area contributed by atoms with E-state index < -0.39 is 0 Å². The van der Waals surface area contributed by atoms with Gasteiger partial charge < -0.3 is 15.1 Å². The minimum absolute atomic E-state index is 0.445. The van der Waals surface area contributed by atoms with Crippen LogP contribution in [0.5, 0.6) is 5.88 Å². The zero-order valence-corrected chi connectivity index (χ0v) is 15.1. The average Bonchev–Trinajstić information content (AvgIpc) is 2.64. The molecule has 1 aromatic carbocycles. The van der Waals surface area contributed by atoms with E-state index in [1.54, 1.807) is 7.11 Å². The molecule has 1 aliphatic heterocycles. The monoisotopic (exact) mass is 341 g/mol. The number of hydrogen-bond acceptors (Lipinski definition) is 6. The summed E-state index contributed by atoms with van der Waals surface area (Å²) >= 11 is 0. The molecule has 1 aliphatic rings. The summed E-state index contributed by atoms with van der Waals surface area (Å²) in [5.74, 6) is 6.10. The van der Waals surface area contributed by atoms with E-state index in [0.717, 1.165) is 25.3 Å². The standard InChI is InChI=1S/C19H27N5O/c1-14-11-23(17-9-18(22-20)19(25-3)21-10-17)12-15(2)24(14)13-16-7-5-4-6-8-16/h4-10,14-15,22H,11-13,20H2,1-3H3/t14-,15+. The zero-order valence-electron chi connectivity index (χ0n) is 15.1. The van der Waals surface area contributed by atoms with Gasteiger partial charge in [0, 0.05) is 31.7 Å². The van der Waals surface area contributed by atoms with Crippen LogP contribution in [-0.2, 0) is 6.54 Å². The number of anilines is 2. The van der Waals surface area contributed by atoms with E-state index in [-0.39, 0.29) is 0 Å². The van der Waals surface area contributed by atoms with E-state index in [2.05, 4.69) is 64.4 Å². The Hall–Kier alpha value is -2.31. The zero-order chi connectivity index (χ0) is 17.8. The number of hydrogen-bond donors (Lipinski definition) is 2. The summed E-state index contributed by atoms with van der Waals surface area (Å²) in [6.45, 7) is 7.45. The highest BCUT2D eigenvalue weighted by Crippen LogP contribution is 2.29. The first-order chi connectivity index (χ1) is 12.1. The van der Waals surface area contributed by atoms with Gasteiger partial charge in [-0.25, -0.2) is 4.98 Å². The third kappa shape index (κ3) is 3.86. The van der Waals surface area contributed by atoms with E-state index in [0.29, 0.717) is 23.7 Å². The number of methoxy groups -OCH3 is 1. The van der Waals surface area contributed by atoms with Gasteiger partial charge in [-0.1, -0.05) is 30.3 Å². The molecule has 0 saturated carbocycles. The Kier molecular flexibility index (Phi) is 5.40. The third-order valence-electron chi connectivity index (χ3n) is 4.86. The van der Waals surface area contributed by atoms with Crippen molar-refractivity contribution in [2.24, 2.45) is 5.84 Å². The van der Waals surface area contributed by atoms with Crippen molar-refractivity contribution in [1.82, 2.24) is 9.88 Å². The topological polar surface area (TPSA) is 66.7 Å². The lowest BCUT2D eigenvalue weighted by Crippen LogP contribution is -2.56. The van der Waals surface area contributed by atoms with Crippen LogP contribution in [0.15, 0.2) is 42.6 Å². The summed E-state index contributed by atoms with van der Waals surface area (Å²) in [4.78, 5) is 9.29. The molecule has 0 bridgehead atoms. The third-order valence-corrected chi connectivity index (χ3v) is 4.86. The quantitative estimate of drug-likeness (QED) is 0.643. The Bertz CT molecular complexity index is 681. The van der Waals surface area contributed by atoms with Crippen LogP contribution in [0.4, 0.5) is 11.4 Å². The van der Waals surface area contributed by atoms with Crippen molar-refractivity contribution in [2.75, 3.05) is 30.5 Å². The summed E-state index contributed by atoms with van der Waals surface area (Å²) in [7, 11) is 1.59. The molecule has 0 radical (unpaired) electrons. The Balaban J connectivity index is 1.73. The number of hydrazine groups is 1. The number of rotatable bonds is 5.